The summed E-state index contributed by atoms with van der Waals surface area (Å²) in [5, 5.41) is 0. The second kappa shape index (κ2) is 15.7. The normalized spacial score (nSPS) is 18.2. The minimum Gasteiger partial charge on any atom is -0.493 e. The van der Waals surface area contributed by atoms with Crippen molar-refractivity contribution in [3.8, 4) is 11.5 Å². The summed E-state index contributed by atoms with van der Waals surface area (Å²) in [6, 6.07) is 14.1. The van der Waals surface area contributed by atoms with E-state index >= 15 is 0 Å². The average Bonchev–Trinajstić information content (AvgIpc) is 3.34. The van der Waals surface area contributed by atoms with Gasteiger partial charge in [-0.15, -0.1) is 0 Å². The number of nitrogens with two attached hydrogens (primary N) is 1. The molecule has 11 nitrogen and oxygen atoms in total. The quantitative estimate of drug-likeness (QED) is 0.310. The van der Waals surface area contributed by atoms with Crippen LogP contribution in [0.25, 0.3) is 0 Å². The maximum absolute atomic E-state index is 14.1. The number of methoxy groups -OCH3 is 2. The fraction of sp³-hybridized carbons (Fsp3) is 0.545. The van der Waals surface area contributed by atoms with E-state index < -0.39 is 23.8 Å². The molecule has 242 valence electrons. The molecule has 0 saturated carbocycles. The average molecular weight is 614 g/mol. The molecule has 1 aliphatic heterocycles. The number of carbonyl (C=O) groups is 3. The van der Waals surface area contributed by atoms with Gasteiger partial charge in [0, 0.05) is 56.7 Å². The number of hydrogen-bond donors (Lipinski definition) is 1. The van der Waals surface area contributed by atoms with Crippen LogP contribution in [0, 0.1) is 5.92 Å². The summed E-state index contributed by atoms with van der Waals surface area (Å²) in [6.07, 6.45) is -0.780. The third-order valence-corrected chi connectivity index (χ3v) is 7.51. The fourth-order valence-corrected chi connectivity index (χ4v) is 5.42. The van der Waals surface area contributed by atoms with Gasteiger partial charge in [-0.2, -0.15) is 0 Å². The van der Waals surface area contributed by atoms with Crippen LogP contribution < -0.4 is 15.2 Å². The van der Waals surface area contributed by atoms with Crippen molar-refractivity contribution >= 4 is 18.1 Å². The lowest BCUT2D eigenvalue weighted by molar-refractivity contribution is 0.0114. The predicted molar refractivity (Wildman–Crippen MR) is 166 cm³/mol. The monoisotopic (exact) mass is 613 g/mol. The molecule has 1 fully saturated rings. The Kier molecular flexibility index (Phi) is 12.3. The SMILES string of the molecule is COCCCOc1cc(C(=O)N(CC2C(c3ccccc3)CN(C(=O)OC(C)(C)C)C2COC(N)=O)C(C)C)ccc1OC. The summed E-state index contributed by atoms with van der Waals surface area (Å²) >= 11 is 0. The van der Waals surface area contributed by atoms with Crippen molar-refractivity contribution in [2.75, 3.05) is 47.1 Å². The molecule has 2 N–H and O–H groups in total. The number of rotatable bonds is 13. The van der Waals surface area contributed by atoms with Gasteiger partial charge >= 0.3 is 12.2 Å². The van der Waals surface area contributed by atoms with E-state index in [4.69, 9.17) is 29.4 Å². The molecular formula is C33H47N3O8. The number of benzene rings is 2. The van der Waals surface area contributed by atoms with Crippen molar-refractivity contribution < 1.29 is 38.1 Å². The highest BCUT2D eigenvalue weighted by Crippen LogP contribution is 2.40. The Morgan fingerprint density at radius 2 is 1.73 bits per heavy atom. The van der Waals surface area contributed by atoms with Crippen LogP contribution in [0.2, 0.25) is 0 Å². The summed E-state index contributed by atoms with van der Waals surface area (Å²) in [4.78, 5) is 42.7. The Morgan fingerprint density at radius 1 is 1.02 bits per heavy atom. The van der Waals surface area contributed by atoms with Gasteiger partial charge in [0.25, 0.3) is 5.91 Å². The second-order valence-corrected chi connectivity index (χ2v) is 12.1. The summed E-state index contributed by atoms with van der Waals surface area (Å²) in [5.74, 6) is 0.298. The highest BCUT2D eigenvalue weighted by atomic mass is 16.6. The van der Waals surface area contributed by atoms with E-state index in [1.807, 2.05) is 44.2 Å². The highest BCUT2D eigenvalue weighted by molar-refractivity contribution is 5.95. The van der Waals surface area contributed by atoms with E-state index in [-0.39, 0.29) is 36.9 Å². The lowest BCUT2D eigenvalue weighted by Gasteiger charge is -2.35. The molecule has 2 aromatic carbocycles. The Hall–Kier alpha value is -3.99. The standard InChI is InChI=1S/C33H47N3O8/c1-22(2)35(30(37)24-14-15-28(41-7)29(18-24)42-17-11-16-40-6)20-26-25(23-12-9-8-10-13-23)19-36(27(26)21-43-31(34)38)32(39)44-33(3,4)5/h8-10,12-15,18,22,25-27H,11,16-17,19-21H2,1-7H3,(H2,34,38). The molecule has 1 aliphatic rings. The van der Waals surface area contributed by atoms with Crippen molar-refractivity contribution in [2.24, 2.45) is 11.7 Å². The van der Waals surface area contributed by atoms with Crippen LogP contribution >= 0.6 is 0 Å². The van der Waals surface area contributed by atoms with E-state index in [0.717, 1.165) is 5.56 Å². The zero-order valence-corrected chi connectivity index (χ0v) is 26.9. The molecule has 11 heteroatoms. The molecule has 3 rings (SSSR count). The third kappa shape index (κ3) is 9.25. The zero-order valence-electron chi connectivity index (χ0n) is 26.9. The molecule has 3 unspecified atom stereocenters. The largest absolute Gasteiger partial charge is 0.493 e. The first-order valence-electron chi connectivity index (χ1n) is 14.9. The molecular weight excluding hydrogens is 566 g/mol. The number of primary amides is 1. The van der Waals surface area contributed by atoms with Crippen molar-refractivity contribution in [2.45, 2.75) is 64.6 Å². The number of ether oxygens (including phenoxy) is 5. The molecule has 1 saturated heterocycles. The van der Waals surface area contributed by atoms with Crippen LogP contribution in [0.3, 0.4) is 0 Å². The van der Waals surface area contributed by atoms with Gasteiger partial charge in [-0.05, 0) is 58.4 Å². The first-order valence-corrected chi connectivity index (χ1v) is 14.9. The lowest BCUT2D eigenvalue weighted by atomic mass is 9.84. The molecule has 3 amide bonds. The van der Waals surface area contributed by atoms with Crippen molar-refractivity contribution in [3.05, 3.63) is 59.7 Å². The molecule has 0 aliphatic carbocycles. The van der Waals surface area contributed by atoms with Crippen LogP contribution in [-0.4, -0.2) is 92.7 Å². The van der Waals surface area contributed by atoms with E-state index in [1.165, 1.54) is 0 Å². The van der Waals surface area contributed by atoms with Crippen LogP contribution in [-0.2, 0) is 14.2 Å². The molecule has 44 heavy (non-hydrogen) atoms. The van der Waals surface area contributed by atoms with Crippen molar-refractivity contribution in [1.82, 2.24) is 9.80 Å². The number of likely N-dealkylation sites (tertiary alicyclic amines) is 1. The molecule has 0 radical (unpaired) electrons. The minimum absolute atomic E-state index is 0.134. The van der Waals surface area contributed by atoms with Gasteiger partial charge in [-0.25, -0.2) is 9.59 Å². The van der Waals surface area contributed by atoms with E-state index in [1.54, 1.807) is 63.0 Å². The number of amides is 3. The van der Waals surface area contributed by atoms with Crippen LogP contribution in [0.5, 0.6) is 11.5 Å². The Morgan fingerprint density at radius 3 is 2.32 bits per heavy atom. The smallest absolute Gasteiger partial charge is 0.410 e. The van der Waals surface area contributed by atoms with Gasteiger partial charge in [0.05, 0.1) is 19.8 Å². The van der Waals surface area contributed by atoms with Crippen LogP contribution in [0.15, 0.2) is 48.5 Å². The number of carbonyl (C=O) groups excluding carboxylic acids is 3. The highest BCUT2D eigenvalue weighted by Gasteiger charge is 2.47. The first kappa shape index (κ1) is 34.5. The van der Waals surface area contributed by atoms with E-state index in [0.29, 0.717) is 43.2 Å². The molecule has 0 bridgehead atoms. The second-order valence-electron chi connectivity index (χ2n) is 12.1. The molecule has 1 heterocycles. The van der Waals surface area contributed by atoms with Gasteiger partial charge in [-0.1, -0.05) is 30.3 Å². The van der Waals surface area contributed by atoms with E-state index in [2.05, 4.69) is 0 Å². The first-order chi connectivity index (χ1) is 20.9. The molecule has 2 aromatic rings. The maximum Gasteiger partial charge on any atom is 0.410 e. The molecule has 0 aromatic heterocycles. The van der Waals surface area contributed by atoms with Gasteiger partial charge in [0.2, 0.25) is 0 Å². The van der Waals surface area contributed by atoms with Crippen molar-refractivity contribution in [3.63, 3.8) is 0 Å². The zero-order chi connectivity index (χ0) is 32.4. The lowest BCUT2D eigenvalue weighted by Crippen LogP contribution is -2.48. The van der Waals surface area contributed by atoms with Gasteiger partial charge < -0.3 is 39.2 Å². The molecule has 0 spiro atoms. The summed E-state index contributed by atoms with van der Waals surface area (Å²) in [6.45, 7) is 10.7. The van der Waals surface area contributed by atoms with Crippen LogP contribution in [0.1, 0.15) is 62.9 Å². The third-order valence-electron chi connectivity index (χ3n) is 7.51. The number of nitrogens with zero attached hydrogens (tertiary/aromatic N) is 2. The topological polar surface area (TPSA) is 130 Å². The fourth-order valence-electron chi connectivity index (χ4n) is 5.42. The summed E-state index contributed by atoms with van der Waals surface area (Å²) < 4.78 is 27.5. The van der Waals surface area contributed by atoms with Gasteiger partial charge in [0.15, 0.2) is 11.5 Å². The Balaban J connectivity index is 1.99. The Labute approximate surface area is 260 Å². The summed E-state index contributed by atoms with van der Waals surface area (Å²) in [5.41, 5.74) is 6.06. The predicted octanol–water partition coefficient (Wildman–Crippen LogP) is 5.08. The maximum atomic E-state index is 14.1. The van der Waals surface area contributed by atoms with E-state index in [9.17, 15) is 14.4 Å². The van der Waals surface area contributed by atoms with Crippen LogP contribution in [0.4, 0.5) is 9.59 Å². The number of hydrogen-bond acceptors (Lipinski definition) is 8. The summed E-state index contributed by atoms with van der Waals surface area (Å²) in [7, 11) is 3.18. The minimum atomic E-state index is -0.941. The molecule has 3 atom stereocenters. The van der Waals surface area contributed by atoms with Crippen molar-refractivity contribution in [1.29, 1.82) is 0 Å². The van der Waals surface area contributed by atoms with Gasteiger partial charge in [-0.3, -0.25) is 4.79 Å². The Bertz CT molecular complexity index is 1250. The van der Waals surface area contributed by atoms with Gasteiger partial charge in [0.1, 0.15) is 12.2 Å².